The van der Waals surface area contributed by atoms with Crippen LogP contribution in [0.4, 0.5) is 0 Å². The molecular formula is C13H26N2O. The highest BCUT2D eigenvalue weighted by Gasteiger charge is 2.48. The highest BCUT2D eigenvalue weighted by Crippen LogP contribution is 2.41. The Balaban J connectivity index is 1.94. The summed E-state index contributed by atoms with van der Waals surface area (Å²) < 4.78 is 5.72. The lowest BCUT2D eigenvalue weighted by molar-refractivity contribution is 0.0414. The van der Waals surface area contributed by atoms with Gasteiger partial charge < -0.3 is 9.64 Å². The summed E-state index contributed by atoms with van der Waals surface area (Å²) in [6.07, 6.45) is 4.05. The van der Waals surface area contributed by atoms with Crippen LogP contribution in [0.1, 0.15) is 26.2 Å². The van der Waals surface area contributed by atoms with Crippen molar-refractivity contribution in [2.45, 2.75) is 31.7 Å². The van der Waals surface area contributed by atoms with Crippen molar-refractivity contribution in [1.29, 1.82) is 0 Å². The van der Waals surface area contributed by atoms with E-state index in [1.165, 1.54) is 38.9 Å². The molecule has 2 fully saturated rings. The summed E-state index contributed by atoms with van der Waals surface area (Å²) in [5.41, 5.74) is 0.399. The van der Waals surface area contributed by atoms with E-state index in [2.05, 4.69) is 30.8 Å². The first-order chi connectivity index (χ1) is 7.66. The third-order valence-electron chi connectivity index (χ3n) is 4.09. The van der Waals surface area contributed by atoms with Gasteiger partial charge in [-0.1, -0.05) is 0 Å². The molecule has 0 aromatic rings. The summed E-state index contributed by atoms with van der Waals surface area (Å²) in [7, 11) is 4.36. The number of ether oxygens (including phenoxy) is 1. The zero-order valence-corrected chi connectivity index (χ0v) is 11.0. The Morgan fingerprint density at radius 1 is 1.44 bits per heavy atom. The number of nitrogens with zero attached hydrogens (tertiary/aromatic N) is 2. The first-order valence-corrected chi connectivity index (χ1v) is 6.64. The molecule has 0 aromatic carbocycles. The van der Waals surface area contributed by atoms with Crippen molar-refractivity contribution < 1.29 is 4.74 Å². The first kappa shape index (κ1) is 12.3. The van der Waals surface area contributed by atoms with Crippen molar-refractivity contribution >= 4 is 0 Å². The minimum atomic E-state index is 0.399. The third kappa shape index (κ3) is 2.41. The normalized spacial score (nSPS) is 34.9. The Morgan fingerprint density at radius 2 is 2.25 bits per heavy atom. The van der Waals surface area contributed by atoms with Crippen molar-refractivity contribution in [3.05, 3.63) is 0 Å². The topological polar surface area (TPSA) is 15.7 Å². The Hall–Kier alpha value is -0.120. The maximum absolute atomic E-state index is 5.72. The van der Waals surface area contributed by atoms with E-state index in [0.29, 0.717) is 5.54 Å². The van der Waals surface area contributed by atoms with Crippen molar-refractivity contribution in [2.24, 2.45) is 5.92 Å². The number of hydrogen-bond acceptors (Lipinski definition) is 3. The van der Waals surface area contributed by atoms with Crippen LogP contribution in [-0.2, 0) is 4.74 Å². The van der Waals surface area contributed by atoms with E-state index in [1.807, 2.05) is 0 Å². The second-order valence-electron chi connectivity index (χ2n) is 5.74. The molecule has 94 valence electrons. The van der Waals surface area contributed by atoms with E-state index >= 15 is 0 Å². The van der Waals surface area contributed by atoms with Gasteiger partial charge in [-0.05, 0) is 52.7 Å². The molecule has 2 saturated heterocycles. The van der Waals surface area contributed by atoms with Gasteiger partial charge in [0.05, 0.1) is 6.61 Å². The molecule has 16 heavy (non-hydrogen) atoms. The van der Waals surface area contributed by atoms with E-state index in [-0.39, 0.29) is 0 Å². The molecule has 0 bridgehead atoms. The molecule has 2 atom stereocenters. The van der Waals surface area contributed by atoms with E-state index in [0.717, 1.165) is 19.1 Å². The van der Waals surface area contributed by atoms with Crippen molar-refractivity contribution in [3.8, 4) is 0 Å². The van der Waals surface area contributed by atoms with E-state index < -0.39 is 0 Å². The lowest BCUT2D eigenvalue weighted by Crippen LogP contribution is -2.42. The molecule has 0 aromatic heterocycles. The van der Waals surface area contributed by atoms with Crippen LogP contribution in [0, 0.1) is 5.92 Å². The summed E-state index contributed by atoms with van der Waals surface area (Å²) in [5, 5.41) is 0. The van der Waals surface area contributed by atoms with Crippen molar-refractivity contribution in [3.63, 3.8) is 0 Å². The minimum Gasteiger partial charge on any atom is -0.380 e. The van der Waals surface area contributed by atoms with Gasteiger partial charge in [-0.15, -0.1) is 0 Å². The molecule has 3 nitrogen and oxygen atoms in total. The monoisotopic (exact) mass is 226 g/mol. The predicted octanol–water partition coefficient (Wildman–Crippen LogP) is 1.44. The molecule has 0 radical (unpaired) electrons. The fourth-order valence-corrected chi connectivity index (χ4v) is 3.58. The summed E-state index contributed by atoms with van der Waals surface area (Å²) >= 11 is 0. The van der Waals surface area contributed by atoms with E-state index in [1.54, 1.807) is 0 Å². The van der Waals surface area contributed by atoms with Crippen LogP contribution in [0.15, 0.2) is 0 Å². The van der Waals surface area contributed by atoms with E-state index in [4.69, 9.17) is 4.74 Å². The molecule has 2 heterocycles. The molecule has 2 rings (SSSR count). The summed E-state index contributed by atoms with van der Waals surface area (Å²) in [6, 6.07) is 0. The van der Waals surface area contributed by atoms with Crippen LogP contribution >= 0.6 is 0 Å². The standard InChI is InChI=1S/C13H26N2O/c1-4-16-11-13-6-5-7-15(13)10-12(8-13)9-14(2)3/h12H,4-11H2,1-3H3/t12?,13-/m0/s1. The average molecular weight is 226 g/mol. The van der Waals surface area contributed by atoms with Crippen molar-refractivity contribution in [1.82, 2.24) is 9.80 Å². The minimum absolute atomic E-state index is 0.399. The highest BCUT2D eigenvalue weighted by molar-refractivity contribution is 5.03. The van der Waals surface area contributed by atoms with Gasteiger partial charge in [0, 0.05) is 25.2 Å². The van der Waals surface area contributed by atoms with Gasteiger partial charge >= 0.3 is 0 Å². The Morgan fingerprint density at radius 3 is 2.94 bits per heavy atom. The van der Waals surface area contributed by atoms with Crippen LogP contribution in [-0.4, -0.2) is 62.3 Å². The van der Waals surface area contributed by atoms with Gasteiger partial charge in [0.2, 0.25) is 0 Å². The second-order valence-corrected chi connectivity index (χ2v) is 5.74. The largest absolute Gasteiger partial charge is 0.380 e. The molecule has 2 aliphatic heterocycles. The lowest BCUT2D eigenvalue weighted by atomic mass is 9.90. The summed E-state index contributed by atoms with van der Waals surface area (Å²) in [6.45, 7) is 7.70. The quantitative estimate of drug-likeness (QED) is 0.705. The fourth-order valence-electron chi connectivity index (χ4n) is 3.58. The second kappa shape index (κ2) is 5.03. The van der Waals surface area contributed by atoms with Gasteiger partial charge in [-0.25, -0.2) is 0 Å². The zero-order valence-electron chi connectivity index (χ0n) is 11.0. The molecule has 1 unspecified atom stereocenters. The van der Waals surface area contributed by atoms with Crippen LogP contribution < -0.4 is 0 Å². The van der Waals surface area contributed by atoms with Crippen molar-refractivity contribution in [2.75, 3.05) is 46.9 Å². The summed E-state index contributed by atoms with van der Waals surface area (Å²) in [5.74, 6) is 0.843. The molecule has 0 spiro atoms. The molecule has 0 saturated carbocycles. The first-order valence-electron chi connectivity index (χ1n) is 6.64. The number of hydrogen-bond donors (Lipinski definition) is 0. The van der Waals surface area contributed by atoms with Gasteiger partial charge in [-0.3, -0.25) is 4.90 Å². The number of rotatable bonds is 5. The van der Waals surface area contributed by atoms with Gasteiger partial charge in [0.15, 0.2) is 0 Å². The molecule has 0 aliphatic carbocycles. The van der Waals surface area contributed by atoms with Gasteiger partial charge in [0.25, 0.3) is 0 Å². The van der Waals surface area contributed by atoms with Crippen LogP contribution in [0.5, 0.6) is 0 Å². The smallest absolute Gasteiger partial charge is 0.0650 e. The van der Waals surface area contributed by atoms with Gasteiger partial charge in [-0.2, -0.15) is 0 Å². The van der Waals surface area contributed by atoms with E-state index in [9.17, 15) is 0 Å². The molecule has 2 aliphatic rings. The maximum atomic E-state index is 5.72. The fraction of sp³-hybridized carbons (Fsp3) is 1.00. The molecule has 3 heteroatoms. The maximum Gasteiger partial charge on any atom is 0.0650 e. The summed E-state index contributed by atoms with van der Waals surface area (Å²) in [4.78, 5) is 5.01. The van der Waals surface area contributed by atoms with Crippen LogP contribution in [0.25, 0.3) is 0 Å². The van der Waals surface area contributed by atoms with Gasteiger partial charge in [0.1, 0.15) is 0 Å². The Kier molecular flexibility index (Phi) is 3.88. The lowest BCUT2D eigenvalue weighted by Gasteiger charge is -2.31. The molecule has 0 amide bonds. The predicted molar refractivity (Wildman–Crippen MR) is 66.7 cm³/mol. The van der Waals surface area contributed by atoms with Crippen LogP contribution in [0.2, 0.25) is 0 Å². The Labute approximate surface area is 99.7 Å². The molecular weight excluding hydrogens is 200 g/mol. The Bertz CT molecular complexity index is 232. The number of fused-ring (bicyclic) bond motifs is 1. The highest BCUT2D eigenvalue weighted by atomic mass is 16.5. The average Bonchev–Trinajstić information content (AvgIpc) is 2.70. The zero-order chi connectivity index (χ0) is 11.6. The van der Waals surface area contributed by atoms with Crippen LogP contribution in [0.3, 0.4) is 0 Å². The SMILES string of the molecule is CCOC[C@@]12CCCN1CC(CN(C)C)C2. The third-order valence-corrected chi connectivity index (χ3v) is 4.09. The molecule has 0 N–H and O–H groups in total.